The second kappa shape index (κ2) is 12.7. The van der Waals surface area contributed by atoms with Crippen LogP contribution in [0, 0.1) is 11.2 Å². The van der Waals surface area contributed by atoms with Crippen LogP contribution in [-0.2, 0) is 19.1 Å². The molecule has 0 bridgehead atoms. The number of nitrogens with one attached hydrogen (secondary N) is 2. The molecule has 0 aliphatic heterocycles. The summed E-state index contributed by atoms with van der Waals surface area (Å²) in [5.74, 6) is -0.275. The molecule has 0 aliphatic rings. The van der Waals surface area contributed by atoms with Gasteiger partial charge in [0.05, 0.1) is 11.3 Å². The van der Waals surface area contributed by atoms with E-state index >= 15 is 0 Å². The number of nitrogens with two attached hydrogens (primary N) is 1. The molecule has 0 heterocycles. The van der Waals surface area contributed by atoms with Crippen LogP contribution in [0.15, 0.2) is 73.3 Å². The number of anilines is 1. The van der Waals surface area contributed by atoms with E-state index in [1.807, 2.05) is 13.0 Å². The maximum atomic E-state index is 12.9. The van der Waals surface area contributed by atoms with Gasteiger partial charge in [-0.2, -0.15) is 13.2 Å². The largest absolute Gasteiger partial charge is 0.416 e. The number of benzene rings is 3. The highest BCUT2D eigenvalue weighted by Gasteiger charge is 2.29. The average molecular weight is 484 g/mol. The van der Waals surface area contributed by atoms with Crippen molar-refractivity contribution in [2.24, 2.45) is 0 Å². The predicted octanol–water partition coefficient (Wildman–Crippen LogP) is 7.12. The first kappa shape index (κ1) is 27.5. The Balaban J connectivity index is 0.000000283. The van der Waals surface area contributed by atoms with Gasteiger partial charge in [-0.05, 0) is 72.1 Å². The molecule has 0 unspecified atom stereocenters. The molecule has 0 saturated heterocycles. The van der Waals surface area contributed by atoms with Crippen LogP contribution in [0.4, 0.5) is 23.2 Å². The lowest BCUT2D eigenvalue weighted by molar-refractivity contribution is -0.137. The molecule has 0 aliphatic carbocycles. The van der Waals surface area contributed by atoms with Crippen molar-refractivity contribution < 1.29 is 17.6 Å². The molecule has 0 radical (unpaired) electrons. The molecular weight excluding hydrogens is 454 g/mol. The van der Waals surface area contributed by atoms with Gasteiger partial charge in [0.15, 0.2) is 0 Å². The molecule has 3 nitrogen and oxygen atoms in total. The van der Waals surface area contributed by atoms with Crippen LogP contribution in [0.3, 0.4) is 0 Å². The van der Waals surface area contributed by atoms with Crippen molar-refractivity contribution in [1.82, 2.24) is 5.32 Å². The Morgan fingerprint density at radius 1 is 1.03 bits per heavy atom. The zero-order valence-corrected chi connectivity index (χ0v) is 19.7. The van der Waals surface area contributed by atoms with Crippen LogP contribution < -0.4 is 11.1 Å². The Morgan fingerprint density at radius 3 is 2.17 bits per heavy atom. The molecule has 0 spiro atoms. The van der Waals surface area contributed by atoms with E-state index in [1.54, 1.807) is 43.5 Å². The second-order valence-corrected chi connectivity index (χ2v) is 7.68. The Bertz CT molecular complexity index is 1160. The summed E-state index contributed by atoms with van der Waals surface area (Å²) in [6.45, 7) is 6.42. The van der Waals surface area contributed by atoms with Gasteiger partial charge in [-0.25, -0.2) is 4.39 Å². The minimum absolute atomic E-state index is 0.275. The lowest BCUT2D eigenvalue weighted by Crippen LogP contribution is -2.07. The van der Waals surface area contributed by atoms with Crippen molar-refractivity contribution in [3.8, 4) is 0 Å². The average Bonchev–Trinajstić information content (AvgIpc) is 2.83. The molecule has 0 atom stereocenters. The highest BCUT2D eigenvalue weighted by atomic mass is 19.4. The van der Waals surface area contributed by atoms with E-state index in [1.165, 1.54) is 24.3 Å². The standard InChI is InChI=1S/C19H19FN2.C9H10F3N/c1-3-14-8-12-18(22)19(16(14)4-2)17(21)11-7-13-5-9-15(20)10-6-13;1-13-6-7-2-4-8(5-3-7)9(10,11)12/h3,5-12,21H,1,4,22H2,2H3;2-5,13H,6H2,1H3/b11-7+,21-17?;. The van der Waals surface area contributed by atoms with Gasteiger partial charge in [0.1, 0.15) is 5.82 Å². The summed E-state index contributed by atoms with van der Waals surface area (Å²) in [6, 6.07) is 15.0. The summed E-state index contributed by atoms with van der Waals surface area (Å²) < 4.78 is 49.2. The van der Waals surface area contributed by atoms with E-state index in [2.05, 4.69) is 11.9 Å². The first-order valence-corrected chi connectivity index (χ1v) is 11.0. The normalized spacial score (nSPS) is 11.1. The van der Waals surface area contributed by atoms with Crippen molar-refractivity contribution in [1.29, 1.82) is 5.41 Å². The Hall–Kier alpha value is -3.71. The van der Waals surface area contributed by atoms with E-state index in [0.717, 1.165) is 46.4 Å². The molecule has 3 rings (SSSR count). The number of rotatable bonds is 7. The summed E-state index contributed by atoms with van der Waals surface area (Å²) in [5, 5.41) is 11.2. The molecule has 0 amide bonds. The third-order valence-corrected chi connectivity index (χ3v) is 5.20. The number of hydrogen-bond donors (Lipinski definition) is 3. The van der Waals surface area contributed by atoms with E-state index in [9.17, 15) is 17.6 Å². The fourth-order valence-corrected chi connectivity index (χ4v) is 3.42. The van der Waals surface area contributed by atoms with Crippen LogP contribution in [0.25, 0.3) is 12.2 Å². The van der Waals surface area contributed by atoms with Gasteiger partial charge in [-0.1, -0.05) is 56.0 Å². The topological polar surface area (TPSA) is 61.9 Å². The van der Waals surface area contributed by atoms with Crippen molar-refractivity contribution >= 4 is 23.6 Å². The highest BCUT2D eigenvalue weighted by molar-refractivity contribution is 6.13. The predicted molar refractivity (Wildman–Crippen MR) is 137 cm³/mol. The Morgan fingerprint density at radius 2 is 1.66 bits per heavy atom. The van der Waals surface area contributed by atoms with Gasteiger partial charge in [0.25, 0.3) is 0 Å². The Labute approximate surface area is 203 Å². The fraction of sp³-hybridized carbons (Fsp3) is 0.179. The van der Waals surface area contributed by atoms with E-state index < -0.39 is 11.7 Å². The number of alkyl halides is 3. The minimum atomic E-state index is -4.24. The molecule has 3 aromatic carbocycles. The van der Waals surface area contributed by atoms with Crippen LogP contribution in [0.5, 0.6) is 0 Å². The van der Waals surface area contributed by atoms with Gasteiger partial charge >= 0.3 is 6.18 Å². The third kappa shape index (κ3) is 7.93. The lowest BCUT2D eigenvalue weighted by Gasteiger charge is -2.13. The summed E-state index contributed by atoms with van der Waals surface area (Å²) in [7, 11) is 1.75. The molecule has 3 aromatic rings. The lowest BCUT2D eigenvalue weighted by atomic mass is 9.93. The third-order valence-electron chi connectivity index (χ3n) is 5.20. The molecule has 4 N–H and O–H groups in total. The number of hydrogen-bond acceptors (Lipinski definition) is 3. The van der Waals surface area contributed by atoms with Crippen LogP contribution in [-0.4, -0.2) is 12.8 Å². The zero-order chi connectivity index (χ0) is 26.0. The SMILES string of the molecule is C=Cc1ccc(N)c(C(=N)/C=C/c2ccc(F)cc2)c1CC.CNCc1ccc(C(F)(F)F)cc1. The molecule has 0 saturated carbocycles. The van der Waals surface area contributed by atoms with Crippen LogP contribution >= 0.6 is 0 Å². The van der Waals surface area contributed by atoms with Gasteiger partial charge in [0.2, 0.25) is 0 Å². The maximum Gasteiger partial charge on any atom is 0.416 e. The van der Waals surface area contributed by atoms with Gasteiger partial charge in [-0.3, -0.25) is 0 Å². The zero-order valence-electron chi connectivity index (χ0n) is 19.7. The smallest absolute Gasteiger partial charge is 0.398 e. The van der Waals surface area contributed by atoms with E-state index in [-0.39, 0.29) is 5.82 Å². The van der Waals surface area contributed by atoms with E-state index in [0.29, 0.717) is 17.9 Å². The molecular formula is C28H29F4N3. The monoisotopic (exact) mass is 483 g/mol. The Kier molecular flexibility index (Phi) is 9.97. The first-order chi connectivity index (χ1) is 16.6. The van der Waals surface area contributed by atoms with Crippen molar-refractivity contribution in [2.45, 2.75) is 26.1 Å². The molecule has 7 heteroatoms. The summed E-state index contributed by atoms with van der Waals surface area (Å²) in [6.07, 6.45) is 1.78. The number of halogens is 4. The summed E-state index contributed by atoms with van der Waals surface area (Å²) >= 11 is 0. The van der Waals surface area contributed by atoms with Crippen LogP contribution in [0.1, 0.15) is 40.3 Å². The van der Waals surface area contributed by atoms with Crippen molar-refractivity contribution in [3.63, 3.8) is 0 Å². The first-order valence-electron chi connectivity index (χ1n) is 11.0. The molecule has 0 fully saturated rings. The van der Waals surface area contributed by atoms with Gasteiger partial charge in [-0.15, -0.1) is 0 Å². The van der Waals surface area contributed by atoms with Crippen LogP contribution in [0.2, 0.25) is 0 Å². The molecule has 184 valence electrons. The van der Waals surface area contributed by atoms with Crippen molar-refractivity contribution in [2.75, 3.05) is 12.8 Å². The second-order valence-electron chi connectivity index (χ2n) is 7.68. The number of allylic oxidation sites excluding steroid dienone is 1. The van der Waals surface area contributed by atoms with Gasteiger partial charge < -0.3 is 16.5 Å². The molecule has 0 aromatic heterocycles. The molecule has 35 heavy (non-hydrogen) atoms. The van der Waals surface area contributed by atoms with E-state index in [4.69, 9.17) is 11.1 Å². The van der Waals surface area contributed by atoms with Crippen molar-refractivity contribution in [3.05, 3.63) is 113 Å². The summed E-state index contributed by atoms with van der Waals surface area (Å²) in [4.78, 5) is 0. The number of nitrogen functional groups attached to an aromatic ring is 1. The summed E-state index contributed by atoms with van der Waals surface area (Å²) in [5.41, 5.74) is 10.8. The minimum Gasteiger partial charge on any atom is -0.398 e. The quantitative estimate of drug-likeness (QED) is 0.190. The highest BCUT2D eigenvalue weighted by Crippen LogP contribution is 2.29. The maximum absolute atomic E-state index is 12.9. The van der Waals surface area contributed by atoms with Gasteiger partial charge in [0, 0.05) is 17.8 Å². The fourth-order valence-electron chi connectivity index (χ4n) is 3.42.